The molecule has 0 amide bonds. The number of benzene rings is 1. The van der Waals surface area contributed by atoms with Gasteiger partial charge in [-0.05, 0) is 23.8 Å². The molecule has 0 saturated carbocycles. The van der Waals surface area contributed by atoms with Crippen LogP contribution in [0.15, 0.2) is 36.9 Å². The Kier molecular flexibility index (Phi) is 6.57. The third-order valence-corrected chi connectivity index (χ3v) is 3.18. The number of aromatic nitrogens is 2. The highest BCUT2D eigenvalue weighted by molar-refractivity contribution is 6.34. The Morgan fingerprint density at radius 1 is 1.35 bits per heavy atom. The van der Waals surface area contributed by atoms with Crippen LogP contribution in [0.4, 0.5) is 0 Å². The first-order chi connectivity index (χ1) is 9.40. The molecule has 1 heterocycles. The fraction of sp³-hybridized carbons (Fsp3) is 0.182. The zero-order valence-electron chi connectivity index (χ0n) is 10.0. The Labute approximate surface area is 129 Å². The summed E-state index contributed by atoms with van der Waals surface area (Å²) in [6.07, 6.45) is 5.28. The summed E-state index contributed by atoms with van der Waals surface area (Å²) in [5, 5.41) is 13.6. The van der Waals surface area contributed by atoms with Crippen molar-refractivity contribution in [1.82, 2.24) is 9.55 Å². The van der Waals surface area contributed by atoms with Crippen LogP contribution in [-0.4, -0.2) is 25.1 Å². The maximum absolute atomic E-state index is 8.47. The van der Waals surface area contributed by atoms with E-state index >= 15 is 0 Å². The average molecular weight is 340 g/mol. The lowest BCUT2D eigenvalue weighted by Crippen LogP contribution is -2.02. The molecular weight excluding hydrogens is 328 g/mol. The van der Waals surface area contributed by atoms with Gasteiger partial charge in [-0.15, -0.1) is 11.6 Å². The van der Waals surface area contributed by atoms with E-state index < -0.39 is 5.09 Å². The van der Waals surface area contributed by atoms with Crippen molar-refractivity contribution in [2.75, 3.05) is 0 Å². The number of alkyl halides is 1. The number of nitrogens with zero attached hydrogens (tertiary/aromatic N) is 3. The predicted molar refractivity (Wildman–Crippen MR) is 74.5 cm³/mol. The van der Waals surface area contributed by atoms with Crippen molar-refractivity contribution in [3.05, 3.63) is 57.4 Å². The van der Waals surface area contributed by atoms with Crippen LogP contribution in [0.3, 0.4) is 0 Å². The Morgan fingerprint density at radius 3 is 2.55 bits per heavy atom. The lowest BCUT2D eigenvalue weighted by atomic mass is 10.1. The number of hydrogen-bond donors (Lipinski definition) is 2. The van der Waals surface area contributed by atoms with Crippen LogP contribution in [-0.2, 0) is 6.54 Å². The minimum Gasteiger partial charge on any atom is -0.336 e. The molecule has 2 aromatic rings. The number of hydrogen-bond acceptors (Lipinski definition) is 2. The van der Waals surface area contributed by atoms with Gasteiger partial charge in [0.1, 0.15) is 4.91 Å². The smallest absolute Gasteiger partial charge is 0.336 e. The Hall–Kier alpha value is -1.50. The monoisotopic (exact) mass is 338 g/mol. The summed E-state index contributed by atoms with van der Waals surface area (Å²) in [5.74, 6) is 0. The quantitative estimate of drug-likeness (QED) is 0.660. The van der Waals surface area contributed by atoms with Crippen molar-refractivity contribution in [1.29, 1.82) is 0 Å². The minimum atomic E-state index is -1.25. The minimum absolute atomic E-state index is 0.222. The number of rotatable bonds is 3. The third kappa shape index (κ3) is 5.64. The zero-order valence-corrected chi connectivity index (χ0v) is 12.3. The van der Waals surface area contributed by atoms with Gasteiger partial charge in [0.2, 0.25) is 0 Å². The maximum atomic E-state index is 8.47. The van der Waals surface area contributed by atoms with Crippen LogP contribution < -0.4 is 0 Å². The molecule has 1 atom stereocenters. The molecule has 2 N–H and O–H groups in total. The van der Waals surface area contributed by atoms with Gasteiger partial charge in [-0.2, -0.15) is 0 Å². The first kappa shape index (κ1) is 16.6. The molecule has 20 heavy (non-hydrogen) atoms. The standard InChI is InChI=1S/C11H9Cl3N2.H2NO3/c12-8-1-2-10(13)9(5-8)11(14)6-16-4-3-15-7-16;2-1(3)4/h1-5,7,11H,6H2;(H2,2,3,4)/q;+1. The molecule has 0 aliphatic carbocycles. The van der Waals surface area contributed by atoms with Gasteiger partial charge < -0.3 is 4.57 Å². The van der Waals surface area contributed by atoms with Crippen molar-refractivity contribution in [3.8, 4) is 0 Å². The lowest BCUT2D eigenvalue weighted by molar-refractivity contribution is -0.969. The van der Waals surface area contributed by atoms with Gasteiger partial charge in [0.05, 0.1) is 11.7 Å². The molecule has 0 radical (unpaired) electrons. The van der Waals surface area contributed by atoms with Gasteiger partial charge >= 0.3 is 5.09 Å². The van der Waals surface area contributed by atoms with E-state index in [1.807, 2.05) is 10.8 Å². The largest absolute Gasteiger partial charge is 0.472 e. The van der Waals surface area contributed by atoms with Gasteiger partial charge in [0.15, 0.2) is 0 Å². The highest BCUT2D eigenvalue weighted by atomic mass is 35.5. The van der Waals surface area contributed by atoms with E-state index in [1.165, 1.54) is 0 Å². The topological polar surface area (TPSA) is 78.4 Å². The van der Waals surface area contributed by atoms with Crippen LogP contribution in [0, 0.1) is 4.91 Å². The maximum Gasteiger partial charge on any atom is 0.472 e. The summed E-state index contributed by atoms with van der Waals surface area (Å²) in [4.78, 5) is 12.4. The molecule has 0 aliphatic heterocycles. The lowest BCUT2D eigenvalue weighted by Gasteiger charge is -2.12. The summed E-state index contributed by atoms with van der Waals surface area (Å²) < 4.78 is 1.90. The second-order valence-corrected chi connectivity index (χ2v) is 5.02. The van der Waals surface area contributed by atoms with E-state index in [0.717, 1.165) is 5.56 Å². The van der Waals surface area contributed by atoms with E-state index in [4.69, 9.17) is 50.1 Å². The summed E-state index contributed by atoms with van der Waals surface area (Å²) >= 11 is 18.3. The fourth-order valence-electron chi connectivity index (χ4n) is 1.43. The van der Waals surface area contributed by atoms with Gasteiger partial charge in [-0.25, -0.2) is 15.4 Å². The van der Waals surface area contributed by atoms with Crippen LogP contribution in [0.5, 0.6) is 0 Å². The van der Waals surface area contributed by atoms with Gasteiger partial charge in [-0.3, -0.25) is 0 Å². The third-order valence-electron chi connectivity index (χ3n) is 2.23. The summed E-state index contributed by atoms with van der Waals surface area (Å²) in [5.41, 5.74) is 0.838. The summed E-state index contributed by atoms with van der Waals surface area (Å²) in [7, 11) is 0. The highest BCUT2D eigenvalue weighted by Crippen LogP contribution is 2.31. The molecule has 1 aromatic carbocycles. The molecule has 108 valence electrons. The van der Waals surface area contributed by atoms with Crippen molar-refractivity contribution >= 4 is 34.8 Å². The molecule has 0 aliphatic rings. The van der Waals surface area contributed by atoms with E-state index in [2.05, 4.69) is 4.98 Å². The first-order valence-corrected chi connectivity index (χ1v) is 6.49. The molecule has 2 rings (SSSR count). The fourth-order valence-corrected chi connectivity index (χ4v) is 2.26. The van der Waals surface area contributed by atoms with Crippen LogP contribution in [0.25, 0.3) is 0 Å². The molecule has 0 saturated heterocycles. The van der Waals surface area contributed by atoms with Crippen molar-refractivity contribution in [3.63, 3.8) is 0 Å². The normalized spacial score (nSPS) is 11.3. The first-order valence-electron chi connectivity index (χ1n) is 5.30. The summed E-state index contributed by atoms with van der Waals surface area (Å²) in [6, 6.07) is 5.29. The average Bonchev–Trinajstić information content (AvgIpc) is 2.84. The Balaban J connectivity index is 0.000000444. The van der Waals surface area contributed by atoms with Crippen molar-refractivity contribution in [2.24, 2.45) is 0 Å². The predicted octanol–water partition coefficient (Wildman–Crippen LogP) is 3.71. The Morgan fingerprint density at radius 2 is 2.00 bits per heavy atom. The molecule has 6 nitrogen and oxygen atoms in total. The second kappa shape index (κ2) is 7.94. The van der Waals surface area contributed by atoms with E-state index in [0.29, 0.717) is 16.6 Å². The van der Waals surface area contributed by atoms with Crippen LogP contribution >= 0.6 is 34.8 Å². The molecule has 0 spiro atoms. The van der Waals surface area contributed by atoms with Crippen molar-refractivity contribution in [2.45, 2.75) is 11.9 Å². The van der Waals surface area contributed by atoms with Gasteiger partial charge in [0, 0.05) is 29.0 Å². The van der Waals surface area contributed by atoms with Crippen LogP contribution in [0.1, 0.15) is 10.9 Å². The number of imidazole rings is 1. The molecule has 9 heteroatoms. The van der Waals surface area contributed by atoms with E-state index in [9.17, 15) is 0 Å². The molecular formula is C11H11Cl3N3O3+. The number of halogens is 3. The molecule has 1 unspecified atom stereocenters. The molecule has 1 aromatic heterocycles. The Bertz CT molecular complexity index is 559. The highest BCUT2D eigenvalue weighted by Gasteiger charge is 2.12. The van der Waals surface area contributed by atoms with Gasteiger partial charge in [-0.1, -0.05) is 23.2 Å². The van der Waals surface area contributed by atoms with Crippen LogP contribution in [0.2, 0.25) is 10.0 Å². The zero-order chi connectivity index (χ0) is 15.1. The van der Waals surface area contributed by atoms with Gasteiger partial charge in [0.25, 0.3) is 0 Å². The SMILES string of the molecule is Clc1ccc(Cl)c(C(Cl)Cn2ccnc2)c1.O=[N+](O)O. The second-order valence-electron chi connectivity index (χ2n) is 3.65. The molecule has 0 fully saturated rings. The van der Waals surface area contributed by atoms with E-state index in [1.54, 1.807) is 30.7 Å². The van der Waals surface area contributed by atoms with Crippen molar-refractivity contribution < 1.29 is 15.5 Å². The summed E-state index contributed by atoms with van der Waals surface area (Å²) in [6.45, 7) is 0.613. The molecule has 0 bridgehead atoms. The van der Waals surface area contributed by atoms with E-state index in [-0.39, 0.29) is 5.38 Å².